The molecule has 2 aliphatic rings. The number of aromatic nitrogens is 1. The molecule has 2 aliphatic heterocycles. The molecule has 3 heterocycles. The maximum absolute atomic E-state index is 12.6. The van der Waals surface area contributed by atoms with Crippen LogP contribution in [-0.2, 0) is 10.0 Å². The molecule has 2 saturated heterocycles. The number of rotatable bonds is 3. The molecule has 0 unspecified atom stereocenters. The van der Waals surface area contributed by atoms with Crippen LogP contribution in [0.25, 0.3) is 0 Å². The largest absolute Gasteiger partial charge is 0.274 e. The molecule has 1 N–H and O–H groups in total. The Kier molecular flexibility index (Phi) is 4.68. The van der Waals surface area contributed by atoms with Crippen LogP contribution < -0.4 is 9.88 Å². The lowest BCUT2D eigenvalue weighted by Crippen LogP contribution is -2.38. The van der Waals surface area contributed by atoms with Crippen molar-refractivity contribution in [2.24, 2.45) is 5.92 Å². The molecule has 0 aromatic carbocycles. The van der Waals surface area contributed by atoms with Crippen LogP contribution >= 0.6 is 0 Å². The van der Waals surface area contributed by atoms with Crippen LogP contribution in [0.4, 0.5) is 5.82 Å². The average Bonchev–Trinajstić information content (AvgIpc) is 2.56. The smallest absolute Gasteiger partial charge is 0.262 e. The van der Waals surface area contributed by atoms with E-state index < -0.39 is 10.0 Å². The standard InChI is InChI=1S/C16H25N3O2S/c1-14-6-5-9-18(13-14)16-8-7-15(12-17-16)22(20,21)19-10-3-2-4-11-19/h7-8,12,14H,2-6,9-11,13H2,1H3/p+1/t14-/m0/s1. The van der Waals surface area contributed by atoms with Crippen LogP contribution in [0.3, 0.4) is 0 Å². The Hall–Kier alpha value is -1.14. The molecule has 3 rings (SSSR count). The molecular formula is C16H26N3O2S+. The van der Waals surface area contributed by atoms with E-state index in [-0.39, 0.29) is 0 Å². The van der Waals surface area contributed by atoms with Crippen molar-refractivity contribution < 1.29 is 13.4 Å². The fraction of sp³-hybridized carbons (Fsp3) is 0.688. The summed E-state index contributed by atoms with van der Waals surface area (Å²) in [6.07, 6.45) is 7.18. The van der Waals surface area contributed by atoms with Crippen LogP contribution in [0, 0.1) is 5.92 Å². The summed E-state index contributed by atoms with van der Waals surface area (Å²) in [5.74, 6) is 1.71. The summed E-state index contributed by atoms with van der Waals surface area (Å²) in [4.78, 5) is 5.88. The minimum atomic E-state index is -3.34. The maximum atomic E-state index is 12.6. The minimum absolute atomic E-state index is 0.378. The first kappa shape index (κ1) is 15.7. The van der Waals surface area contributed by atoms with Gasteiger partial charge in [-0.3, -0.25) is 4.90 Å². The van der Waals surface area contributed by atoms with Gasteiger partial charge in [-0.2, -0.15) is 4.31 Å². The van der Waals surface area contributed by atoms with E-state index in [4.69, 9.17) is 0 Å². The summed E-state index contributed by atoms with van der Waals surface area (Å²) >= 11 is 0. The number of nitrogens with zero attached hydrogens (tertiary/aromatic N) is 2. The van der Waals surface area contributed by atoms with E-state index in [1.54, 1.807) is 16.6 Å². The van der Waals surface area contributed by atoms with Gasteiger partial charge in [-0.25, -0.2) is 13.4 Å². The highest BCUT2D eigenvalue weighted by Gasteiger charge is 2.28. The van der Waals surface area contributed by atoms with E-state index in [0.717, 1.165) is 38.2 Å². The Morgan fingerprint density at radius 1 is 1.09 bits per heavy atom. The van der Waals surface area contributed by atoms with Gasteiger partial charge >= 0.3 is 0 Å². The zero-order chi connectivity index (χ0) is 15.6. The zero-order valence-corrected chi connectivity index (χ0v) is 14.1. The molecule has 0 radical (unpaired) electrons. The van der Waals surface area contributed by atoms with E-state index in [0.29, 0.717) is 23.9 Å². The topological polar surface area (TPSA) is 54.8 Å². The maximum Gasteiger partial charge on any atom is 0.274 e. The summed E-state index contributed by atoms with van der Waals surface area (Å²) < 4.78 is 26.9. The number of nitrogens with one attached hydrogen (secondary N) is 1. The Bertz CT molecular complexity index is 594. The molecule has 1 aromatic heterocycles. The first-order chi connectivity index (χ1) is 10.6. The second-order valence-corrected chi connectivity index (χ2v) is 8.51. The van der Waals surface area contributed by atoms with Crippen LogP contribution in [-0.4, -0.2) is 38.9 Å². The quantitative estimate of drug-likeness (QED) is 0.853. The van der Waals surface area contributed by atoms with Crippen molar-refractivity contribution in [1.82, 2.24) is 4.31 Å². The third-order valence-corrected chi connectivity index (χ3v) is 6.61. The van der Waals surface area contributed by atoms with E-state index in [2.05, 4.69) is 16.8 Å². The van der Waals surface area contributed by atoms with Crippen molar-refractivity contribution in [3.63, 3.8) is 0 Å². The van der Waals surface area contributed by atoms with Crippen molar-refractivity contribution in [1.29, 1.82) is 0 Å². The molecule has 1 atom stereocenters. The Labute approximate surface area is 133 Å². The van der Waals surface area contributed by atoms with Gasteiger partial charge in [0.15, 0.2) is 0 Å². The molecule has 122 valence electrons. The number of piperidine rings is 2. The van der Waals surface area contributed by atoms with Gasteiger partial charge in [0.1, 0.15) is 11.1 Å². The second-order valence-electron chi connectivity index (χ2n) is 6.57. The normalized spacial score (nSPS) is 24.4. The number of aromatic amines is 1. The Morgan fingerprint density at radius 2 is 1.86 bits per heavy atom. The monoisotopic (exact) mass is 324 g/mol. The molecular weight excluding hydrogens is 298 g/mol. The molecule has 0 saturated carbocycles. The second kappa shape index (κ2) is 6.54. The number of anilines is 1. The number of pyridine rings is 1. The highest BCUT2D eigenvalue weighted by atomic mass is 32.2. The van der Waals surface area contributed by atoms with Crippen molar-refractivity contribution in [3.8, 4) is 0 Å². The molecule has 2 fully saturated rings. The van der Waals surface area contributed by atoms with Crippen molar-refractivity contribution in [3.05, 3.63) is 18.3 Å². The van der Waals surface area contributed by atoms with Gasteiger partial charge in [0.25, 0.3) is 5.82 Å². The van der Waals surface area contributed by atoms with Crippen LogP contribution in [0.1, 0.15) is 39.0 Å². The van der Waals surface area contributed by atoms with Gasteiger partial charge < -0.3 is 0 Å². The summed E-state index contributed by atoms with van der Waals surface area (Å²) in [5.41, 5.74) is 0. The van der Waals surface area contributed by atoms with Crippen LogP contribution in [0.15, 0.2) is 23.2 Å². The van der Waals surface area contributed by atoms with Gasteiger partial charge in [-0.1, -0.05) is 13.3 Å². The molecule has 0 spiro atoms. The zero-order valence-electron chi connectivity index (χ0n) is 13.3. The number of sulfonamides is 1. The summed E-state index contributed by atoms with van der Waals surface area (Å²) in [5, 5.41) is 0. The van der Waals surface area contributed by atoms with Gasteiger partial charge in [0.05, 0.1) is 13.1 Å². The van der Waals surface area contributed by atoms with Gasteiger partial charge in [0.2, 0.25) is 10.0 Å². The molecule has 1 aromatic rings. The van der Waals surface area contributed by atoms with Crippen LogP contribution in [0.5, 0.6) is 0 Å². The van der Waals surface area contributed by atoms with Crippen LogP contribution in [0.2, 0.25) is 0 Å². The van der Waals surface area contributed by atoms with E-state index in [1.807, 2.05) is 6.07 Å². The van der Waals surface area contributed by atoms with E-state index in [1.165, 1.54) is 12.8 Å². The predicted octanol–water partition coefficient (Wildman–Crippen LogP) is 1.91. The summed E-state index contributed by atoms with van der Waals surface area (Å²) in [6, 6.07) is 3.66. The first-order valence-electron chi connectivity index (χ1n) is 8.34. The Balaban J connectivity index is 1.75. The predicted molar refractivity (Wildman–Crippen MR) is 86.2 cm³/mol. The fourth-order valence-corrected chi connectivity index (χ4v) is 4.91. The van der Waals surface area contributed by atoms with Crippen molar-refractivity contribution in [2.75, 3.05) is 31.1 Å². The third kappa shape index (κ3) is 3.27. The molecule has 5 nitrogen and oxygen atoms in total. The van der Waals surface area contributed by atoms with Crippen molar-refractivity contribution in [2.45, 2.75) is 43.9 Å². The molecule has 22 heavy (non-hydrogen) atoms. The average molecular weight is 324 g/mol. The number of H-pyrrole nitrogens is 1. The van der Waals surface area contributed by atoms with E-state index in [9.17, 15) is 8.42 Å². The molecule has 0 aliphatic carbocycles. The summed E-state index contributed by atoms with van der Waals surface area (Å²) in [7, 11) is -3.34. The minimum Gasteiger partial charge on any atom is -0.262 e. The number of hydrogen-bond donors (Lipinski definition) is 0. The number of hydrogen-bond acceptors (Lipinski definition) is 3. The Morgan fingerprint density at radius 3 is 2.50 bits per heavy atom. The lowest BCUT2D eigenvalue weighted by Gasteiger charge is -2.27. The third-order valence-electron chi connectivity index (χ3n) is 4.72. The highest BCUT2D eigenvalue weighted by Crippen LogP contribution is 2.22. The van der Waals surface area contributed by atoms with Gasteiger partial charge in [0, 0.05) is 19.2 Å². The molecule has 6 heteroatoms. The fourth-order valence-electron chi connectivity index (χ4n) is 3.42. The van der Waals surface area contributed by atoms with Gasteiger partial charge in [-0.05, 0) is 37.7 Å². The van der Waals surface area contributed by atoms with Crippen molar-refractivity contribution >= 4 is 15.8 Å². The van der Waals surface area contributed by atoms with Gasteiger partial charge in [-0.15, -0.1) is 0 Å². The van der Waals surface area contributed by atoms with E-state index >= 15 is 0 Å². The molecule has 0 bridgehead atoms. The SMILES string of the molecule is C[C@H]1CCCN(c2ccc(S(=O)(=O)N3CCCCC3)c[nH+]2)C1. The lowest BCUT2D eigenvalue weighted by molar-refractivity contribution is -0.367. The highest BCUT2D eigenvalue weighted by molar-refractivity contribution is 7.89. The lowest BCUT2D eigenvalue weighted by atomic mass is 10.0. The summed E-state index contributed by atoms with van der Waals surface area (Å²) in [6.45, 7) is 5.64. The molecule has 0 amide bonds. The first-order valence-corrected chi connectivity index (χ1v) is 9.78.